The number of ether oxygens (including phenoxy) is 2. The number of Topliss-reactive ketones (excluding diaryl/α,β-unsaturated/α-hetero) is 1. The molecule has 1 aromatic carbocycles. The van der Waals surface area contributed by atoms with Crippen LogP contribution in [0.5, 0.6) is 5.75 Å². The highest BCUT2D eigenvalue weighted by molar-refractivity contribution is 5.97. The maximum Gasteiger partial charge on any atom is 0.407 e. The summed E-state index contributed by atoms with van der Waals surface area (Å²) >= 11 is 0. The van der Waals surface area contributed by atoms with E-state index in [4.69, 9.17) is 14.5 Å². The number of carbonyl (C=O) groups excluding carboxylic acids is 2. The van der Waals surface area contributed by atoms with Gasteiger partial charge in [0, 0.05) is 5.92 Å². The quantitative estimate of drug-likeness (QED) is 0.462. The lowest BCUT2D eigenvalue weighted by molar-refractivity contribution is 0.0523. The molecule has 0 radical (unpaired) electrons. The summed E-state index contributed by atoms with van der Waals surface area (Å²) in [6.07, 6.45) is 5.50. The van der Waals surface area contributed by atoms with Crippen LogP contribution in [-0.4, -0.2) is 29.6 Å². The first-order chi connectivity index (χ1) is 16.6. The third-order valence-electron chi connectivity index (χ3n) is 7.06. The van der Waals surface area contributed by atoms with Gasteiger partial charge in [0.2, 0.25) is 0 Å². The van der Waals surface area contributed by atoms with Crippen molar-refractivity contribution in [2.24, 2.45) is 5.92 Å². The number of rotatable bonds is 7. The van der Waals surface area contributed by atoms with E-state index in [1.807, 2.05) is 39.0 Å². The zero-order valence-electron chi connectivity index (χ0n) is 21.6. The van der Waals surface area contributed by atoms with Gasteiger partial charge in [0.1, 0.15) is 17.0 Å². The number of hydrogen-bond donors (Lipinski definition) is 1. The van der Waals surface area contributed by atoms with Crippen molar-refractivity contribution in [3.05, 3.63) is 58.4 Å². The van der Waals surface area contributed by atoms with Crippen LogP contribution in [0.25, 0.3) is 0 Å². The summed E-state index contributed by atoms with van der Waals surface area (Å²) in [6.45, 7) is 7.87. The SMILES string of the molecule is COc1ccc(C2CCC(C(=O)c3nc(CNC(=O)OC(C)(C)C)ccc3C3CC3)CC2)c(C)c1. The molecule has 0 unspecified atom stereocenters. The normalized spacial score (nSPS) is 20.3. The summed E-state index contributed by atoms with van der Waals surface area (Å²) in [4.78, 5) is 30.4. The molecule has 2 aliphatic carbocycles. The summed E-state index contributed by atoms with van der Waals surface area (Å²) < 4.78 is 10.7. The number of carbonyl (C=O) groups is 2. The fraction of sp³-hybridized carbons (Fsp3) is 0.552. The number of benzene rings is 1. The van der Waals surface area contributed by atoms with Crippen molar-refractivity contribution in [2.45, 2.75) is 90.2 Å². The summed E-state index contributed by atoms with van der Waals surface area (Å²) in [6, 6.07) is 10.3. The molecule has 1 aromatic heterocycles. The van der Waals surface area contributed by atoms with Crippen molar-refractivity contribution in [3.8, 4) is 5.75 Å². The Morgan fingerprint density at radius 3 is 2.20 bits per heavy atom. The third-order valence-corrected chi connectivity index (χ3v) is 7.06. The average Bonchev–Trinajstić information content (AvgIpc) is 3.66. The van der Waals surface area contributed by atoms with E-state index in [1.54, 1.807) is 7.11 Å². The van der Waals surface area contributed by atoms with Crippen molar-refractivity contribution in [3.63, 3.8) is 0 Å². The molecule has 1 amide bonds. The summed E-state index contributed by atoms with van der Waals surface area (Å²) in [5.74, 6) is 1.97. The molecule has 2 saturated carbocycles. The van der Waals surface area contributed by atoms with E-state index in [0.29, 0.717) is 23.2 Å². The smallest absolute Gasteiger partial charge is 0.407 e. The zero-order chi connectivity index (χ0) is 25.2. The second-order valence-corrected chi connectivity index (χ2v) is 11.0. The Hall–Kier alpha value is -2.89. The zero-order valence-corrected chi connectivity index (χ0v) is 21.6. The Labute approximate surface area is 208 Å². The highest BCUT2D eigenvalue weighted by Crippen LogP contribution is 2.43. The Balaban J connectivity index is 1.43. The molecule has 0 bridgehead atoms. The van der Waals surface area contributed by atoms with E-state index in [1.165, 1.54) is 11.1 Å². The minimum absolute atomic E-state index is 0.00358. The number of nitrogens with zero attached hydrogens (tertiary/aromatic N) is 1. The Bertz CT molecular complexity index is 1080. The van der Waals surface area contributed by atoms with Crippen molar-refractivity contribution in [1.29, 1.82) is 0 Å². The van der Waals surface area contributed by atoms with Gasteiger partial charge in [0.15, 0.2) is 5.78 Å². The molecule has 0 aliphatic heterocycles. The molecule has 2 aromatic rings. The maximum atomic E-state index is 13.6. The van der Waals surface area contributed by atoms with Gasteiger partial charge in [-0.2, -0.15) is 0 Å². The lowest BCUT2D eigenvalue weighted by Gasteiger charge is -2.29. The van der Waals surface area contributed by atoms with E-state index in [9.17, 15) is 9.59 Å². The van der Waals surface area contributed by atoms with Crippen molar-refractivity contribution >= 4 is 11.9 Å². The lowest BCUT2D eigenvalue weighted by atomic mass is 9.75. The number of ketones is 1. The highest BCUT2D eigenvalue weighted by atomic mass is 16.6. The van der Waals surface area contributed by atoms with Gasteiger partial charge in [-0.05, 0) is 113 Å². The van der Waals surface area contributed by atoms with E-state index >= 15 is 0 Å². The number of amides is 1. The number of aromatic nitrogens is 1. The third kappa shape index (κ3) is 6.41. The van der Waals surface area contributed by atoms with E-state index < -0.39 is 11.7 Å². The molecule has 4 rings (SSSR count). The van der Waals surface area contributed by atoms with Crippen molar-refractivity contribution in [1.82, 2.24) is 10.3 Å². The van der Waals surface area contributed by atoms with Crippen LogP contribution >= 0.6 is 0 Å². The largest absolute Gasteiger partial charge is 0.497 e. The van der Waals surface area contributed by atoms with Crippen molar-refractivity contribution < 1.29 is 19.1 Å². The number of alkyl carbamates (subject to hydrolysis) is 1. The van der Waals surface area contributed by atoms with E-state index in [-0.39, 0.29) is 18.2 Å². The number of hydrogen-bond acceptors (Lipinski definition) is 5. The predicted octanol–water partition coefficient (Wildman–Crippen LogP) is 6.46. The number of methoxy groups -OCH3 is 1. The van der Waals surface area contributed by atoms with Gasteiger partial charge in [-0.1, -0.05) is 12.1 Å². The molecule has 2 fully saturated rings. The maximum absolute atomic E-state index is 13.6. The van der Waals surface area contributed by atoms with E-state index in [0.717, 1.165) is 49.8 Å². The van der Waals surface area contributed by atoms with Crippen LogP contribution in [0, 0.1) is 12.8 Å². The fourth-order valence-electron chi connectivity index (χ4n) is 5.10. The monoisotopic (exact) mass is 478 g/mol. The van der Waals surface area contributed by atoms with Crippen LogP contribution in [0.4, 0.5) is 4.79 Å². The first kappa shape index (κ1) is 25.2. The van der Waals surface area contributed by atoms with Gasteiger partial charge >= 0.3 is 6.09 Å². The molecule has 6 nitrogen and oxygen atoms in total. The van der Waals surface area contributed by atoms with Crippen LogP contribution in [-0.2, 0) is 11.3 Å². The molecular weight excluding hydrogens is 440 g/mol. The minimum atomic E-state index is -0.558. The number of pyridine rings is 1. The molecule has 0 atom stereocenters. The topological polar surface area (TPSA) is 77.5 Å². The molecule has 35 heavy (non-hydrogen) atoms. The lowest BCUT2D eigenvalue weighted by Crippen LogP contribution is -2.32. The van der Waals surface area contributed by atoms with Gasteiger partial charge < -0.3 is 14.8 Å². The van der Waals surface area contributed by atoms with Crippen LogP contribution < -0.4 is 10.1 Å². The van der Waals surface area contributed by atoms with Gasteiger partial charge in [0.25, 0.3) is 0 Å². The first-order valence-electron chi connectivity index (χ1n) is 12.8. The molecule has 188 valence electrons. The highest BCUT2D eigenvalue weighted by Gasteiger charge is 2.34. The summed E-state index contributed by atoms with van der Waals surface area (Å²) in [5, 5.41) is 2.76. The van der Waals surface area contributed by atoms with Crippen molar-refractivity contribution in [2.75, 3.05) is 7.11 Å². The number of nitrogens with one attached hydrogen (secondary N) is 1. The molecule has 2 aliphatic rings. The second-order valence-electron chi connectivity index (χ2n) is 11.0. The van der Waals surface area contributed by atoms with Crippen LogP contribution in [0.15, 0.2) is 30.3 Å². The Morgan fingerprint density at radius 1 is 0.971 bits per heavy atom. The molecule has 0 spiro atoms. The average molecular weight is 479 g/mol. The minimum Gasteiger partial charge on any atom is -0.497 e. The fourth-order valence-corrected chi connectivity index (χ4v) is 5.10. The number of aryl methyl sites for hydroxylation is 1. The predicted molar refractivity (Wildman–Crippen MR) is 136 cm³/mol. The first-order valence-corrected chi connectivity index (χ1v) is 12.8. The molecule has 1 heterocycles. The van der Waals surface area contributed by atoms with Crippen LogP contribution in [0.3, 0.4) is 0 Å². The standard InChI is InChI=1S/C29H38N2O4/c1-18-16-23(34-5)13-15-24(18)19-8-10-21(11-9-19)27(32)26-25(20-6-7-20)14-12-22(31-26)17-30-28(33)35-29(2,3)4/h12-16,19-21H,6-11,17H2,1-5H3,(H,30,33). The van der Waals surface area contributed by atoms with Gasteiger partial charge in [0.05, 0.1) is 19.3 Å². The molecule has 1 N–H and O–H groups in total. The summed E-state index contributed by atoms with van der Waals surface area (Å²) in [5.41, 5.74) is 4.43. The van der Waals surface area contributed by atoms with Gasteiger partial charge in [-0.25, -0.2) is 9.78 Å². The van der Waals surface area contributed by atoms with Crippen LogP contribution in [0.1, 0.15) is 104 Å². The Kier molecular flexibility index (Phi) is 7.48. The second kappa shape index (κ2) is 10.4. The van der Waals surface area contributed by atoms with Gasteiger partial charge in [-0.15, -0.1) is 0 Å². The van der Waals surface area contributed by atoms with E-state index in [2.05, 4.69) is 24.4 Å². The Morgan fingerprint density at radius 2 is 1.60 bits per heavy atom. The molecular formula is C29H38N2O4. The summed E-state index contributed by atoms with van der Waals surface area (Å²) in [7, 11) is 1.69. The molecule has 6 heteroatoms. The van der Waals surface area contributed by atoms with Gasteiger partial charge in [-0.3, -0.25) is 4.79 Å². The molecule has 0 saturated heterocycles. The van der Waals surface area contributed by atoms with Crippen LogP contribution in [0.2, 0.25) is 0 Å².